The topological polar surface area (TPSA) is 52.6 Å². The predicted molar refractivity (Wildman–Crippen MR) is 67.1 cm³/mol. The third-order valence-corrected chi connectivity index (χ3v) is 2.93. The van der Waals surface area contributed by atoms with Gasteiger partial charge in [0.1, 0.15) is 0 Å². The lowest BCUT2D eigenvalue weighted by Crippen LogP contribution is -2.49. The van der Waals surface area contributed by atoms with E-state index < -0.39 is 5.60 Å². The summed E-state index contributed by atoms with van der Waals surface area (Å²) in [4.78, 5) is 13.4. The van der Waals surface area contributed by atoms with Gasteiger partial charge in [0.2, 0.25) is 0 Å². The second kappa shape index (κ2) is 5.55. The van der Waals surface area contributed by atoms with Gasteiger partial charge in [-0.15, -0.1) is 12.3 Å². The highest BCUT2D eigenvalue weighted by molar-refractivity contribution is 5.76. The average molecular weight is 234 g/mol. The zero-order chi connectivity index (χ0) is 12.9. The minimum Gasteiger partial charge on any atom is -0.389 e. The molecule has 1 saturated heterocycles. The number of aliphatic hydroxyl groups is 1. The van der Waals surface area contributed by atoms with E-state index in [9.17, 15) is 9.90 Å². The van der Waals surface area contributed by atoms with Crippen LogP contribution in [0, 0.1) is 12.3 Å². The molecule has 2 amide bonds. The summed E-state index contributed by atoms with van der Waals surface area (Å²) >= 11 is 0. The Bertz CT molecular complexity index is 360. The fraction of sp³-hybridized carbons (Fsp3) is 0.462. The Balaban J connectivity index is 2.47. The van der Waals surface area contributed by atoms with E-state index >= 15 is 0 Å². The molecule has 0 spiro atoms. The van der Waals surface area contributed by atoms with Gasteiger partial charge in [0.05, 0.1) is 5.60 Å². The standard InChI is InChI=1S/C13H18N2O2/c1-4-6-13(17)7-9-15(10-8-13)12(16)14-11(3)5-2/h1,5,17H,2-3,6-10H2,(H,14,16). The van der Waals surface area contributed by atoms with Crippen LogP contribution in [-0.4, -0.2) is 34.7 Å². The van der Waals surface area contributed by atoms with Crippen molar-refractivity contribution in [2.24, 2.45) is 0 Å². The van der Waals surface area contributed by atoms with Gasteiger partial charge in [-0.2, -0.15) is 0 Å². The lowest BCUT2D eigenvalue weighted by molar-refractivity contribution is -0.00736. The number of carbonyl (C=O) groups excluding carboxylic acids is 1. The van der Waals surface area contributed by atoms with Crippen molar-refractivity contribution >= 4 is 6.03 Å². The van der Waals surface area contributed by atoms with Crippen molar-refractivity contribution in [3.8, 4) is 12.3 Å². The Morgan fingerprint density at radius 2 is 2.18 bits per heavy atom. The quantitative estimate of drug-likeness (QED) is 0.570. The maximum atomic E-state index is 11.7. The van der Waals surface area contributed by atoms with E-state index in [0.717, 1.165) is 0 Å². The van der Waals surface area contributed by atoms with E-state index in [-0.39, 0.29) is 6.03 Å². The zero-order valence-electron chi connectivity index (χ0n) is 9.91. The summed E-state index contributed by atoms with van der Waals surface area (Å²) in [5.41, 5.74) is -0.347. The molecule has 0 aromatic heterocycles. The number of likely N-dealkylation sites (tertiary alicyclic amines) is 1. The van der Waals surface area contributed by atoms with Crippen LogP contribution in [0.5, 0.6) is 0 Å². The first kappa shape index (κ1) is 13.3. The molecule has 4 nitrogen and oxygen atoms in total. The molecule has 0 unspecified atom stereocenters. The lowest BCUT2D eigenvalue weighted by atomic mass is 9.89. The summed E-state index contributed by atoms with van der Waals surface area (Å²) in [6, 6.07) is -0.211. The number of urea groups is 1. The minimum absolute atomic E-state index is 0.211. The summed E-state index contributed by atoms with van der Waals surface area (Å²) in [5, 5.41) is 12.7. The number of rotatable bonds is 3. The number of amides is 2. The number of hydrogen-bond acceptors (Lipinski definition) is 2. The number of piperidine rings is 1. The van der Waals surface area contributed by atoms with Gasteiger partial charge in [-0.25, -0.2) is 4.79 Å². The number of terminal acetylenes is 1. The smallest absolute Gasteiger partial charge is 0.321 e. The van der Waals surface area contributed by atoms with E-state index in [0.29, 0.717) is 38.0 Å². The summed E-state index contributed by atoms with van der Waals surface area (Å²) in [5.74, 6) is 2.47. The van der Waals surface area contributed by atoms with E-state index in [4.69, 9.17) is 6.42 Å². The number of allylic oxidation sites excluding steroid dienone is 1. The number of nitrogens with zero attached hydrogens (tertiary/aromatic N) is 1. The molecule has 1 rings (SSSR count). The molecule has 0 aliphatic carbocycles. The van der Waals surface area contributed by atoms with Crippen LogP contribution in [0.2, 0.25) is 0 Å². The van der Waals surface area contributed by atoms with Crippen LogP contribution in [0.1, 0.15) is 19.3 Å². The molecular weight excluding hydrogens is 216 g/mol. The van der Waals surface area contributed by atoms with Crippen molar-refractivity contribution < 1.29 is 9.90 Å². The molecule has 0 radical (unpaired) electrons. The van der Waals surface area contributed by atoms with Crippen LogP contribution in [0.25, 0.3) is 0 Å². The van der Waals surface area contributed by atoms with Gasteiger partial charge in [0.15, 0.2) is 0 Å². The molecule has 17 heavy (non-hydrogen) atoms. The van der Waals surface area contributed by atoms with Crippen molar-refractivity contribution in [2.45, 2.75) is 24.9 Å². The SMILES string of the molecule is C#CCC1(O)CCN(C(=O)NC(=C)C=C)CC1. The summed E-state index contributed by atoms with van der Waals surface area (Å²) < 4.78 is 0. The largest absolute Gasteiger partial charge is 0.389 e. The molecule has 0 aromatic rings. The summed E-state index contributed by atoms with van der Waals surface area (Å²) in [7, 11) is 0. The van der Waals surface area contributed by atoms with Crippen LogP contribution in [0.4, 0.5) is 4.79 Å². The lowest BCUT2D eigenvalue weighted by Gasteiger charge is -2.37. The number of nitrogens with one attached hydrogen (secondary N) is 1. The molecule has 0 bridgehead atoms. The maximum absolute atomic E-state index is 11.7. The van der Waals surface area contributed by atoms with Gasteiger partial charge >= 0.3 is 6.03 Å². The first-order chi connectivity index (χ1) is 8.00. The number of hydrogen-bond donors (Lipinski definition) is 2. The highest BCUT2D eigenvalue weighted by Crippen LogP contribution is 2.25. The Labute approximate surface area is 102 Å². The molecule has 1 heterocycles. The minimum atomic E-state index is -0.818. The summed E-state index contributed by atoms with van der Waals surface area (Å²) in [6.45, 7) is 8.11. The fourth-order valence-corrected chi connectivity index (χ4v) is 1.76. The van der Waals surface area contributed by atoms with Gasteiger partial charge in [-0.3, -0.25) is 0 Å². The van der Waals surface area contributed by atoms with Gasteiger partial charge in [-0.05, 0) is 18.9 Å². The van der Waals surface area contributed by atoms with Crippen molar-refractivity contribution in [1.82, 2.24) is 10.2 Å². The Kier molecular flexibility index (Phi) is 4.36. The molecule has 1 fully saturated rings. The second-order valence-corrected chi connectivity index (χ2v) is 4.25. The summed E-state index contributed by atoms with van der Waals surface area (Å²) in [6.07, 6.45) is 8.03. The molecule has 2 N–H and O–H groups in total. The van der Waals surface area contributed by atoms with E-state index in [1.54, 1.807) is 4.90 Å². The zero-order valence-corrected chi connectivity index (χ0v) is 9.91. The van der Waals surface area contributed by atoms with E-state index in [1.807, 2.05) is 0 Å². The van der Waals surface area contributed by atoms with E-state index in [1.165, 1.54) is 6.08 Å². The normalized spacial score (nSPS) is 18.0. The molecule has 4 heteroatoms. The Morgan fingerprint density at radius 1 is 1.59 bits per heavy atom. The monoisotopic (exact) mass is 234 g/mol. The first-order valence-electron chi connectivity index (χ1n) is 5.54. The van der Waals surface area contributed by atoms with Crippen molar-refractivity contribution in [2.75, 3.05) is 13.1 Å². The van der Waals surface area contributed by atoms with Crippen LogP contribution in [0.3, 0.4) is 0 Å². The second-order valence-electron chi connectivity index (χ2n) is 4.25. The van der Waals surface area contributed by atoms with E-state index in [2.05, 4.69) is 24.4 Å². The first-order valence-corrected chi connectivity index (χ1v) is 5.54. The molecule has 0 aromatic carbocycles. The highest BCUT2D eigenvalue weighted by atomic mass is 16.3. The molecule has 1 aliphatic heterocycles. The Hall–Kier alpha value is -1.73. The van der Waals surface area contributed by atoms with Crippen LogP contribution < -0.4 is 5.32 Å². The highest BCUT2D eigenvalue weighted by Gasteiger charge is 2.33. The average Bonchev–Trinajstić information content (AvgIpc) is 2.29. The van der Waals surface area contributed by atoms with Crippen LogP contribution in [-0.2, 0) is 0 Å². The Morgan fingerprint density at radius 3 is 2.65 bits per heavy atom. The third-order valence-electron chi connectivity index (χ3n) is 2.93. The fourth-order valence-electron chi connectivity index (χ4n) is 1.76. The molecule has 1 aliphatic rings. The van der Waals surface area contributed by atoms with Gasteiger partial charge in [0, 0.05) is 25.2 Å². The van der Waals surface area contributed by atoms with Crippen molar-refractivity contribution in [1.29, 1.82) is 0 Å². The molecule has 92 valence electrons. The van der Waals surface area contributed by atoms with Crippen molar-refractivity contribution in [3.05, 3.63) is 24.9 Å². The molecule has 0 atom stereocenters. The van der Waals surface area contributed by atoms with Gasteiger partial charge < -0.3 is 15.3 Å². The molecule has 0 saturated carbocycles. The van der Waals surface area contributed by atoms with Crippen LogP contribution >= 0.6 is 0 Å². The molecular formula is C13H18N2O2. The van der Waals surface area contributed by atoms with Crippen LogP contribution in [0.15, 0.2) is 24.9 Å². The predicted octanol–water partition coefficient (Wildman–Crippen LogP) is 1.25. The number of carbonyl (C=O) groups is 1. The van der Waals surface area contributed by atoms with Gasteiger partial charge in [0.25, 0.3) is 0 Å². The maximum Gasteiger partial charge on any atom is 0.321 e. The van der Waals surface area contributed by atoms with Crippen molar-refractivity contribution in [3.63, 3.8) is 0 Å². The van der Waals surface area contributed by atoms with Gasteiger partial charge in [-0.1, -0.05) is 13.2 Å². The third kappa shape index (κ3) is 3.65.